The highest BCUT2D eigenvalue weighted by Gasteiger charge is 2.28. The molecular weight excluding hydrogens is 298 g/mol. The van der Waals surface area contributed by atoms with E-state index >= 15 is 0 Å². The molecule has 118 valence electrons. The van der Waals surface area contributed by atoms with Gasteiger partial charge < -0.3 is 15.6 Å². The molecule has 0 aliphatic heterocycles. The number of amides is 1. The van der Waals surface area contributed by atoms with Crippen molar-refractivity contribution < 1.29 is 9.32 Å². The minimum absolute atomic E-state index is 0.0868. The van der Waals surface area contributed by atoms with Crippen molar-refractivity contribution in [2.45, 2.75) is 45.6 Å². The molecule has 1 amide bonds. The molecule has 1 aliphatic carbocycles. The van der Waals surface area contributed by atoms with Crippen LogP contribution in [0.25, 0.3) is 10.6 Å². The lowest BCUT2D eigenvalue weighted by Crippen LogP contribution is -2.41. The Bertz CT molecular complexity index is 677. The molecular formula is C16H21N3O2S. The molecule has 2 heterocycles. The monoisotopic (exact) mass is 319 g/mol. The fourth-order valence-corrected chi connectivity index (χ4v) is 3.98. The average molecular weight is 319 g/mol. The zero-order chi connectivity index (χ0) is 15.7. The first-order valence-electron chi connectivity index (χ1n) is 7.68. The van der Waals surface area contributed by atoms with Crippen LogP contribution in [0.3, 0.4) is 0 Å². The van der Waals surface area contributed by atoms with Crippen molar-refractivity contribution in [3.63, 3.8) is 0 Å². The highest BCUT2D eigenvalue weighted by molar-refractivity contribution is 7.13. The SMILES string of the molecule is Cc1ccsc1-c1noc(N)c1C(=O)NC1CCCCC1C. The lowest BCUT2D eigenvalue weighted by atomic mass is 9.86. The smallest absolute Gasteiger partial charge is 0.259 e. The van der Waals surface area contributed by atoms with Gasteiger partial charge in [-0.05, 0) is 42.7 Å². The van der Waals surface area contributed by atoms with E-state index in [1.54, 1.807) is 0 Å². The number of hydrogen-bond donors (Lipinski definition) is 2. The van der Waals surface area contributed by atoms with Gasteiger partial charge >= 0.3 is 0 Å². The molecule has 0 spiro atoms. The third kappa shape index (κ3) is 2.75. The van der Waals surface area contributed by atoms with Crippen LogP contribution in [-0.4, -0.2) is 17.1 Å². The van der Waals surface area contributed by atoms with Gasteiger partial charge in [0.2, 0.25) is 5.88 Å². The van der Waals surface area contributed by atoms with Crippen molar-refractivity contribution in [3.8, 4) is 10.6 Å². The van der Waals surface area contributed by atoms with Crippen LogP contribution in [0.4, 0.5) is 5.88 Å². The standard InChI is InChI=1S/C16H21N3O2S/c1-9-5-3-4-6-11(9)18-16(20)12-13(19-21-15(12)17)14-10(2)7-8-22-14/h7-9,11H,3-6,17H2,1-2H3,(H,18,20). The molecule has 22 heavy (non-hydrogen) atoms. The second-order valence-electron chi connectivity index (χ2n) is 6.04. The fraction of sp³-hybridized carbons (Fsp3) is 0.500. The summed E-state index contributed by atoms with van der Waals surface area (Å²) in [6.07, 6.45) is 4.57. The maximum Gasteiger partial charge on any atom is 0.259 e. The van der Waals surface area contributed by atoms with Crippen LogP contribution >= 0.6 is 11.3 Å². The van der Waals surface area contributed by atoms with E-state index in [9.17, 15) is 4.79 Å². The van der Waals surface area contributed by atoms with Gasteiger partial charge in [-0.1, -0.05) is 24.9 Å². The molecule has 1 saturated carbocycles. The van der Waals surface area contributed by atoms with E-state index in [4.69, 9.17) is 10.3 Å². The maximum atomic E-state index is 12.7. The summed E-state index contributed by atoms with van der Waals surface area (Å²) < 4.78 is 5.09. The number of aryl methyl sites for hydroxylation is 1. The summed E-state index contributed by atoms with van der Waals surface area (Å²) in [4.78, 5) is 13.6. The van der Waals surface area contributed by atoms with E-state index in [1.165, 1.54) is 17.8 Å². The molecule has 3 N–H and O–H groups in total. The Morgan fingerprint density at radius 1 is 1.45 bits per heavy atom. The topological polar surface area (TPSA) is 81.2 Å². The Morgan fingerprint density at radius 3 is 2.91 bits per heavy atom. The number of nitrogen functional groups attached to an aromatic ring is 1. The van der Waals surface area contributed by atoms with E-state index < -0.39 is 0 Å². The summed E-state index contributed by atoms with van der Waals surface area (Å²) in [7, 11) is 0. The number of aromatic nitrogens is 1. The summed E-state index contributed by atoms with van der Waals surface area (Å²) in [5.74, 6) is 0.398. The normalized spacial score (nSPS) is 21.7. The molecule has 1 fully saturated rings. The number of hydrogen-bond acceptors (Lipinski definition) is 5. The first-order valence-corrected chi connectivity index (χ1v) is 8.56. The largest absolute Gasteiger partial charge is 0.367 e. The van der Waals surface area contributed by atoms with Gasteiger partial charge in [0.25, 0.3) is 5.91 Å². The molecule has 2 aromatic rings. The molecule has 5 nitrogen and oxygen atoms in total. The third-order valence-corrected chi connectivity index (χ3v) is 5.47. The van der Waals surface area contributed by atoms with E-state index in [0.29, 0.717) is 17.2 Å². The lowest BCUT2D eigenvalue weighted by Gasteiger charge is -2.29. The Kier molecular flexibility index (Phi) is 4.20. The predicted molar refractivity (Wildman–Crippen MR) is 87.9 cm³/mol. The van der Waals surface area contributed by atoms with Crippen LogP contribution in [-0.2, 0) is 0 Å². The Balaban J connectivity index is 1.87. The number of carbonyl (C=O) groups excluding carboxylic acids is 1. The second kappa shape index (κ2) is 6.12. The minimum Gasteiger partial charge on any atom is -0.367 e. The summed E-state index contributed by atoms with van der Waals surface area (Å²) in [6.45, 7) is 4.17. The number of nitrogens with one attached hydrogen (secondary N) is 1. The number of thiophene rings is 1. The van der Waals surface area contributed by atoms with Gasteiger partial charge in [-0.25, -0.2) is 0 Å². The van der Waals surface area contributed by atoms with Crippen LogP contribution in [0.5, 0.6) is 0 Å². The van der Waals surface area contributed by atoms with Crippen LogP contribution < -0.4 is 11.1 Å². The summed E-state index contributed by atoms with van der Waals surface area (Å²) in [5.41, 5.74) is 7.83. The molecule has 0 bridgehead atoms. The minimum atomic E-state index is -0.180. The van der Waals surface area contributed by atoms with Gasteiger partial charge in [0.15, 0.2) is 0 Å². The highest BCUT2D eigenvalue weighted by atomic mass is 32.1. The van der Waals surface area contributed by atoms with E-state index in [-0.39, 0.29) is 17.8 Å². The van der Waals surface area contributed by atoms with Gasteiger partial charge in [0.05, 0.1) is 4.88 Å². The average Bonchev–Trinajstić information content (AvgIpc) is 3.07. The van der Waals surface area contributed by atoms with E-state index in [0.717, 1.165) is 29.7 Å². The van der Waals surface area contributed by atoms with E-state index in [1.807, 2.05) is 18.4 Å². The zero-order valence-electron chi connectivity index (χ0n) is 12.9. The van der Waals surface area contributed by atoms with Crippen LogP contribution in [0.15, 0.2) is 16.0 Å². The van der Waals surface area contributed by atoms with Gasteiger partial charge in [0, 0.05) is 6.04 Å². The van der Waals surface area contributed by atoms with Crippen LogP contribution in [0.2, 0.25) is 0 Å². The molecule has 6 heteroatoms. The summed E-state index contributed by atoms with van der Waals surface area (Å²) in [5, 5.41) is 9.09. The molecule has 2 atom stereocenters. The van der Waals surface area contributed by atoms with Crippen molar-refractivity contribution in [2.24, 2.45) is 5.92 Å². The number of nitrogens with zero attached hydrogens (tertiary/aromatic N) is 1. The van der Waals surface area contributed by atoms with Crippen molar-refractivity contribution in [2.75, 3.05) is 5.73 Å². The number of rotatable bonds is 3. The van der Waals surface area contributed by atoms with Crippen LogP contribution in [0.1, 0.15) is 48.5 Å². The number of carbonyl (C=O) groups is 1. The van der Waals surface area contributed by atoms with Gasteiger partial charge in [0.1, 0.15) is 11.3 Å². The molecule has 0 aromatic carbocycles. The molecule has 1 aliphatic rings. The Morgan fingerprint density at radius 2 is 2.23 bits per heavy atom. The summed E-state index contributed by atoms with van der Waals surface area (Å²) >= 11 is 1.54. The Hall–Kier alpha value is -1.82. The van der Waals surface area contributed by atoms with Crippen LogP contribution in [0, 0.1) is 12.8 Å². The second-order valence-corrected chi connectivity index (χ2v) is 6.96. The molecule has 0 radical (unpaired) electrons. The highest BCUT2D eigenvalue weighted by Crippen LogP contribution is 2.34. The molecule has 2 unspecified atom stereocenters. The predicted octanol–water partition coefficient (Wildman–Crippen LogP) is 3.60. The fourth-order valence-electron chi connectivity index (χ4n) is 3.06. The zero-order valence-corrected chi connectivity index (χ0v) is 13.7. The molecule has 2 aromatic heterocycles. The quantitative estimate of drug-likeness (QED) is 0.905. The van der Waals surface area contributed by atoms with Crippen molar-refractivity contribution in [3.05, 3.63) is 22.6 Å². The van der Waals surface area contributed by atoms with Gasteiger partial charge in [-0.2, -0.15) is 0 Å². The van der Waals surface area contributed by atoms with E-state index in [2.05, 4.69) is 17.4 Å². The van der Waals surface area contributed by atoms with Crippen molar-refractivity contribution >= 4 is 23.1 Å². The third-order valence-electron chi connectivity index (χ3n) is 4.45. The summed E-state index contributed by atoms with van der Waals surface area (Å²) in [6, 6.07) is 2.20. The van der Waals surface area contributed by atoms with Gasteiger partial charge in [-0.15, -0.1) is 11.3 Å². The van der Waals surface area contributed by atoms with Crippen molar-refractivity contribution in [1.82, 2.24) is 10.5 Å². The van der Waals surface area contributed by atoms with Crippen molar-refractivity contribution in [1.29, 1.82) is 0 Å². The molecule has 3 rings (SSSR count). The first kappa shape index (κ1) is 15.1. The number of nitrogens with two attached hydrogens (primary N) is 1. The Labute approximate surface area is 133 Å². The maximum absolute atomic E-state index is 12.7. The lowest BCUT2D eigenvalue weighted by molar-refractivity contribution is 0.0911. The molecule has 0 saturated heterocycles. The van der Waals surface area contributed by atoms with Gasteiger partial charge in [-0.3, -0.25) is 4.79 Å². The number of anilines is 1. The first-order chi connectivity index (χ1) is 10.6.